The minimum absolute atomic E-state index is 0.0180. The Morgan fingerprint density at radius 3 is 2.80 bits per heavy atom. The number of benzene rings is 1. The predicted molar refractivity (Wildman–Crippen MR) is 92.7 cm³/mol. The molecule has 1 aromatic carbocycles. The normalized spacial score (nSPS) is 24.0. The number of hydrogen-bond donors (Lipinski definition) is 0. The molecule has 0 spiro atoms. The Morgan fingerprint density at radius 1 is 1.16 bits per heavy atom. The second-order valence-electron chi connectivity index (χ2n) is 7.19. The van der Waals surface area contributed by atoms with E-state index >= 15 is 0 Å². The molecule has 1 aromatic heterocycles. The lowest BCUT2D eigenvalue weighted by atomic mass is 9.61. The average molecular weight is 338 g/mol. The summed E-state index contributed by atoms with van der Waals surface area (Å²) in [5, 5.41) is 0. The number of esters is 1. The van der Waals surface area contributed by atoms with Crippen molar-refractivity contribution in [1.82, 2.24) is 0 Å². The van der Waals surface area contributed by atoms with E-state index in [2.05, 4.69) is 12.1 Å². The first-order valence-corrected chi connectivity index (χ1v) is 8.97. The van der Waals surface area contributed by atoms with Gasteiger partial charge in [-0.25, -0.2) is 0 Å². The molecular formula is C21H22O4. The van der Waals surface area contributed by atoms with Gasteiger partial charge >= 0.3 is 5.97 Å². The van der Waals surface area contributed by atoms with Crippen LogP contribution in [0.3, 0.4) is 0 Å². The van der Waals surface area contributed by atoms with Crippen LogP contribution < -0.4 is 0 Å². The van der Waals surface area contributed by atoms with Gasteiger partial charge < -0.3 is 9.15 Å². The lowest BCUT2D eigenvalue weighted by molar-refractivity contribution is -0.141. The average Bonchev–Trinajstić information content (AvgIpc) is 3.16. The highest BCUT2D eigenvalue weighted by molar-refractivity contribution is 6.08. The van der Waals surface area contributed by atoms with E-state index in [0.717, 1.165) is 18.4 Å². The van der Waals surface area contributed by atoms with E-state index in [-0.39, 0.29) is 11.8 Å². The third-order valence-corrected chi connectivity index (χ3v) is 5.75. The zero-order chi connectivity index (χ0) is 17.4. The SMILES string of the molecule is CC(=O)OCC[C@@H]1C[C@H]2CC[C@@H]1c1ccc(C(=O)c3ccoc3)cc12. The maximum Gasteiger partial charge on any atom is 0.302 e. The molecule has 130 valence electrons. The van der Waals surface area contributed by atoms with Gasteiger partial charge in [-0.2, -0.15) is 0 Å². The van der Waals surface area contributed by atoms with Gasteiger partial charge in [0, 0.05) is 12.5 Å². The molecule has 0 N–H and O–H groups in total. The van der Waals surface area contributed by atoms with Crippen molar-refractivity contribution in [3.05, 3.63) is 59.0 Å². The molecule has 3 aliphatic carbocycles. The van der Waals surface area contributed by atoms with E-state index in [1.54, 1.807) is 6.07 Å². The van der Waals surface area contributed by atoms with Crippen molar-refractivity contribution in [2.75, 3.05) is 6.61 Å². The molecule has 3 atom stereocenters. The quantitative estimate of drug-likeness (QED) is 0.597. The number of ketones is 1. The summed E-state index contributed by atoms with van der Waals surface area (Å²) in [4.78, 5) is 23.5. The van der Waals surface area contributed by atoms with Gasteiger partial charge in [-0.1, -0.05) is 12.1 Å². The fourth-order valence-electron chi connectivity index (χ4n) is 4.60. The highest BCUT2D eigenvalue weighted by atomic mass is 16.5. The Hall–Kier alpha value is -2.36. The Balaban J connectivity index is 1.55. The summed E-state index contributed by atoms with van der Waals surface area (Å²) in [6.45, 7) is 1.97. The molecule has 25 heavy (non-hydrogen) atoms. The lowest BCUT2D eigenvalue weighted by Crippen LogP contribution is -2.31. The maximum absolute atomic E-state index is 12.6. The van der Waals surface area contributed by atoms with Gasteiger partial charge in [-0.15, -0.1) is 0 Å². The number of carbonyl (C=O) groups excluding carboxylic acids is 2. The predicted octanol–water partition coefficient (Wildman–Crippen LogP) is 4.44. The first kappa shape index (κ1) is 16.1. The van der Waals surface area contributed by atoms with E-state index in [4.69, 9.17) is 9.15 Å². The minimum atomic E-state index is -0.205. The molecule has 1 heterocycles. The van der Waals surface area contributed by atoms with Gasteiger partial charge in [0.25, 0.3) is 0 Å². The van der Waals surface area contributed by atoms with Crippen molar-refractivity contribution in [2.45, 2.75) is 44.4 Å². The second-order valence-corrected chi connectivity index (χ2v) is 7.19. The van der Waals surface area contributed by atoms with Crippen molar-refractivity contribution in [3.8, 4) is 0 Å². The Kier molecular flexibility index (Phi) is 4.20. The van der Waals surface area contributed by atoms with Crippen LogP contribution in [0.15, 0.2) is 41.2 Å². The van der Waals surface area contributed by atoms with Crippen LogP contribution in [-0.4, -0.2) is 18.4 Å². The summed E-state index contributed by atoms with van der Waals surface area (Å²) in [6, 6.07) is 7.87. The molecule has 4 heteroatoms. The van der Waals surface area contributed by atoms with E-state index in [0.29, 0.717) is 29.9 Å². The third kappa shape index (κ3) is 3.01. The van der Waals surface area contributed by atoms with E-state index in [9.17, 15) is 9.59 Å². The molecule has 0 unspecified atom stereocenters. The molecule has 0 saturated heterocycles. The van der Waals surface area contributed by atoms with Crippen LogP contribution in [0.1, 0.15) is 71.5 Å². The van der Waals surface area contributed by atoms with Crippen LogP contribution in [0.5, 0.6) is 0 Å². The number of fused-ring (bicyclic) bond motifs is 2. The van der Waals surface area contributed by atoms with Crippen molar-refractivity contribution in [1.29, 1.82) is 0 Å². The van der Waals surface area contributed by atoms with Crippen molar-refractivity contribution >= 4 is 11.8 Å². The van der Waals surface area contributed by atoms with Gasteiger partial charge in [-0.05, 0) is 66.7 Å². The van der Waals surface area contributed by atoms with Gasteiger partial charge in [0.15, 0.2) is 5.78 Å². The first-order chi connectivity index (χ1) is 12.1. The highest BCUT2D eigenvalue weighted by Crippen LogP contribution is 2.53. The van der Waals surface area contributed by atoms with Gasteiger partial charge in [0.05, 0.1) is 18.4 Å². The van der Waals surface area contributed by atoms with Crippen molar-refractivity contribution in [2.24, 2.45) is 5.92 Å². The standard InChI is InChI=1S/C21H22O4/c1-13(22)25-9-7-15-10-14-2-4-18(15)19-5-3-16(11-20(14)19)21(23)17-6-8-24-12-17/h3,5-6,8,11-12,14-15,18H,2,4,7,9-10H2,1H3/t14-,15-,18+/m1/s1. The molecule has 5 rings (SSSR count). The van der Waals surface area contributed by atoms with Crippen LogP contribution in [0.25, 0.3) is 0 Å². The molecule has 4 nitrogen and oxygen atoms in total. The fraction of sp³-hybridized carbons (Fsp3) is 0.429. The van der Waals surface area contributed by atoms with Crippen LogP contribution >= 0.6 is 0 Å². The number of rotatable bonds is 5. The van der Waals surface area contributed by atoms with Gasteiger partial charge in [0.2, 0.25) is 0 Å². The molecule has 0 radical (unpaired) electrons. The molecular weight excluding hydrogens is 316 g/mol. The molecule has 0 amide bonds. The van der Waals surface area contributed by atoms with Crippen LogP contribution in [0.2, 0.25) is 0 Å². The molecule has 2 aromatic rings. The number of furan rings is 1. The molecule has 2 bridgehead atoms. The second kappa shape index (κ2) is 6.51. The summed E-state index contributed by atoms with van der Waals surface area (Å²) in [5.74, 6) is 1.42. The fourth-order valence-corrected chi connectivity index (χ4v) is 4.60. The number of hydrogen-bond acceptors (Lipinski definition) is 4. The summed E-state index contributed by atoms with van der Waals surface area (Å²) in [6.07, 6.45) is 7.46. The van der Waals surface area contributed by atoms with Crippen molar-refractivity contribution < 1.29 is 18.7 Å². The topological polar surface area (TPSA) is 56.5 Å². The Morgan fingerprint density at radius 2 is 2.04 bits per heavy atom. The number of ether oxygens (including phenoxy) is 1. The first-order valence-electron chi connectivity index (χ1n) is 8.97. The maximum atomic E-state index is 12.6. The van der Waals surface area contributed by atoms with Crippen LogP contribution in [0.4, 0.5) is 0 Å². The van der Waals surface area contributed by atoms with Crippen LogP contribution in [-0.2, 0) is 9.53 Å². The molecule has 3 aliphatic rings. The Bertz CT molecular complexity index is 790. The summed E-state index contributed by atoms with van der Waals surface area (Å²) in [7, 11) is 0. The van der Waals surface area contributed by atoms with Crippen LogP contribution in [0, 0.1) is 5.92 Å². The highest BCUT2D eigenvalue weighted by Gasteiger charge is 2.39. The summed E-state index contributed by atoms with van der Waals surface area (Å²) >= 11 is 0. The number of carbonyl (C=O) groups is 2. The lowest BCUT2D eigenvalue weighted by Gasteiger charge is -2.44. The largest absolute Gasteiger partial charge is 0.472 e. The molecule has 0 aliphatic heterocycles. The third-order valence-electron chi connectivity index (χ3n) is 5.75. The van der Waals surface area contributed by atoms with E-state index < -0.39 is 0 Å². The molecule has 1 fully saturated rings. The zero-order valence-corrected chi connectivity index (χ0v) is 14.4. The van der Waals surface area contributed by atoms with Gasteiger partial charge in [0.1, 0.15) is 6.26 Å². The minimum Gasteiger partial charge on any atom is -0.472 e. The summed E-state index contributed by atoms with van der Waals surface area (Å²) < 4.78 is 10.2. The smallest absolute Gasteiger partial charge is 0.302 e. The van der Waals surface area contributed by atoms with Gasteiger partial charge in [-0.3, -0.25) is 9.59 Å². The van der Waals surface area contributed by atoms with Crippen molar-refractivity contribution in [3.63, 3.8) is 0 Å². The molecule has 1 saturated carbocycles. The zero-order valence-electron chi connectivity index (χ0n) is 14.4. The van der Waals surface area contributed by atoms with E-state index in [1.807, 2.05) is 6.07 Å². The van der Waals surface area contributed by atoms with E-state index in [1.165, 1.54) is 43.4 Å². The monoisotopic (exact) mass is 338 g/mol. The Labute approximate surface area is 147 Å². The summed E-state index contributed by atoms with van der Waals surface area (Å²) in [5.41, 5.74) is 4.07.